The molecule has 2 saturated heterocycles. The summed E-state index contributed by atoms with van der Waals surface area (Å²) < 4.78 is 32.8. The summed E-state index contributed by atoms with van der Waals surface area (Å²) in [7, 11) is 0. The van der Waals surface area contributed by atoms with Crippen LogP contribution in [0.15, 0.2) is 72.8 Å². The second-order valence-electron chi connectivity index (χ2n) is 11.3. The molecule has 0 N–H and O–H groups in total. The summed E-state index contributed by atoms with van der Waals surface area (Å²) in [6.07, 6.45) is 4.51. The van der Waals surface area contributed by atoms with E-state index in [4.69, 9.17) is 28.4 Å². The van der Waals surface area contributed by atoms with Gasteiger partial charge in [0, 0.05) is 0 Å². The highest BCUT2D eigenvalue weighted by Crippen LogP contribution is 2.22. The zero-order chi connectivity index (χ0) is 28.4. The Kier molecular flexibility index (Phi) is 10.5. The van der Waals surface area contributed by atoms with Crippen LogP contribution in [-0.4, -0.2) is 78.3 Å². The predicted octanol–water partition coefficient (Wildman–Crippen LogP) is 5.73. The van der Waals surface area contributed by atoms with E-state index in [2.05, 4.69) is 72.8 Å². The SMILES string of the molecule is c1cc2cc(CCc3ccc4cc(CCOCCOCC5CO5)ccc4c3)ccc2cc1CCOCCOCC1CO1. The Morgan fingerprint density at radius 2 is 0.762 bits per heavy atom. The van der Waals surface area contributed by atoms with Crippen LogP contribution < -0.4 is 0 Å². The first kappa shape index (κ1) is 29.2. The van der Waals surface area contributed by atoms with E-state index in [1.54, 1.807) is 0 Å². The number of rotatable bonds is 19. The maximum Gasteiger partial charge on any atom is 0.104 e. The summed E-state index contributed by atoms with van der Waals surface area (Å²) in [5, 5.41) is 5.16. The van der Waals surface area contributed by atoms with Gasteiger partial charge in [0.2, 0.25) is 0 Å². The molecule has 4 aromatic rings. The van der Waals surface area contributed by atoms with Gasteiger partial charge in [-0.3, -0.25) is 0 Å². The molecular weight excluding hydrogens is 528 g/mol. The van der Waals surface area contributed by atoms with Gasteiger partial charge >= 0.3 is 0 Å². The molecule has 0 bridgehead atoms. The Morgan fingerprint density at radius 1 is 0.429 bits per heavy atom. The summed E-state index contributed by atoms with van der Waals surface area (Å²) in [6, 6.07) is 27.2. The number of epoxide rings is 2. The third-order valence-electron chi connectivity index (χ3n) is 7.87. The van der Waals surface area contributed by atoms with Crippen LogP contribution in [0, 0.1) is 0 Å². The van der Waals surface area contributed by atoms with Crippen molar-refractivity contribution in [2.75, 3.05) is 66.1 Å². The third kappa shape index (κ3) is 9.33. The van der Waals surface area contributed by atoms with Gasteiger partial charge in [0.1, 0.15) is 12.2 Å². The van der Waals surface area contributed by atoms with Crippen LogP contribution in [0.1, 0.15) is 22.3 Å². The lowest BCUT2D eigenvalue weighted by Gasteiger charge is -2.09. The first-order valence-electron chi connectivity index (χ1n) is 15.4. The van der Waals surface area contributed by atoms with Gasteiger partial charge in [0.25, 0.3) is 0 Å². The van der Waals surface area contributed by atoms with Crippen LogP contribution in [0.25, 0.3) is 21.5 Å². The zero-order valence-corrected chi connectivity index (χ0v) is 24.4. The molecule has 2 aliphatic heterocycles. The van der Waals surface area contributed by atoms with Crippen molar-refractivity contribution in [2.45, 2.75) is 37.9 Å². The van der Waals surface area contributed by atoms with Gasteiger partial charge in [-0.25, -0.2) is 0 Å². The van der Waals surface area contributed by atoms with Crippen LogP contribution in [0.5, 0.6) is 0 Å². The largest absolute Gasteiger partial charge is 0.379 e. The van der Waals surface area contributed by atoms with Crippen LogP contribution >= 0.6 is 0 Å². The second-order valence-corrected chi connectivity index (χ2v) is 11.3. The summed E-state index contributed by atoms with van der Waals surface area (Å²) in [6.45, 7) is 6.98. The van der Waals surface area contributed by atoms with Gasteiger partial charge in [-0.2, -0.15) is 0 Å². The topological polar surface area (TPSA) is 62.0 Å². The van der Waals surface area contributed by atoms with E-state index in [1.165, 1.54) is 43.8 Å². The highest BCUT2D eigenvalue weighted by atomic mass is 16.6. The normalized spacial score (nSPS) is 17.7. The van der Waals surface area contributed by atoms with Gasteiger partial charge in [0.15, 0.2) is 0 Å². The van der Waals surface area contributed by atoms with E-state index in [9.17, 15) is 0 Å². The van der Waals surface area contributed by atoms with Crippen LogP contribution in [0.2, 0.25) is 0 Å². The van der Waals surface area contributed by atoms with Crippen molar-refractivity contribution in [1.29, 1.82) is 0 Å². The van der Waals surface area contributed by atoms with Gasteiger partial charge in [-0.1, -0.05) is 72.8 Å². The quantitative estimate of drug-likeness (QED) is 0.106. The molecule has 6 heteroatoms. The maximum absolute atomic E-state index is 5.74. The van der Waals surface area contributed by atoms with Gasteiger partial charge in [-0.05, 0) is 69.5 Å². The monoisotopic (exact) mass is 570 g/mol. The number of aryl methyl sites for hydroxylation is 2. The third-order valence-corrected chi connectivity index (χ3v) is 7.87. The van der Waals surface area contributed by atoms with E-state index in [0.717, 1.165) is 38.9 Å². The summed E-state index contributed by atoms with van der Waals surface area (Å²) in [5.41, 5.74) is 5.35. The van der Waals surface area contributed by atoms with Crippen LogP contribution in [0.4, 0.5) is 0 Å². The van der Waals surface area contributed by atoms with E-state index < -0.39 is 0 Å². The Balaban J connectivity index is 0.923. The molecule has 2 fully saturated rings. The molecule has 0 radical (unpaired) electrons. The van der Waals surface area contributed by atoms with Crippen molar-refractivity contribution in [1.82, 2.24) is 0 Å². The van der Waals surface area contributed by atoms with E-state index in [-0.39, 0.29) is 0 Å². The molecular formula is C36H42O6. The minimum atomic E-state index is 0.316. The lowest BCUT2D eigenvalue weighted by Crippen LogP contribution is -2.09. The van der Waals surface area contributed by atoms with Crippen molar-refractivity contribution in [2.24, 2.45) is 0 Å². The summed E-state index contributed by atoms with van der Waals surface area (Å²) in [5.74, 6) is 0. The minimum Gasteiger partial charge on any atom is -0.379 e. The first-order valence-corrected chi connectivity index (χ1v) is 15.4. The summed E-state index contributed by atoms with van der Waals surface area (Å²) >= 11 is 0. The van der Waals surface area contributed by atoms with Gasteiger partial charge in [-0.15, -0.1) is 0 Å². The molecule has 0 aromatic heterocycles. The van der Waals surface area contributed by atoms with E-state index in [1.807, 2.05) is 0 Å². The molecule has 2 atom stereocenters. The van der Waals surface area contributed by atoms with Crippen molar-refractivity contribution in [3.63, 3.8) is 0 Å². The zero-order valence-electron chi connectivity index (χ0n) is 24.4. The molecule has 222 valence electrons. The molecule has 0 amide bonds. The molecule has 2 unspecified atom stereocenters. The Bertz CT molecular complexity index is 1320. The fourth-order valence-electron chi connectivity index (χ4n) is 5.18. The first-order chi connectivity index (χ1) is 20.8. The van der Waals surface area contributed by atoms with E-state index in [0.29, 0.717) is 65.1 Å². The Morgan fingerprint density at radius 3 is 1.12 bits per heavy atom. The fraction of sp³-hybridized carbons (Fsp3) is 0.444. The lowest BCUT2D eigenvalue weighted by atomic mass is 9.97. The Hall–Kier alpha value is -2.84. The van der Waals surface area contributed by atoms with Crippen LogP contribution in [0.3, 0.4) is 0 Å². The molecule has 2 heterocycles. The molecule has 6 rings (SSSR count). The molecule has 0 spiro atoms. The molecule has 2 aliphatic rings. The highest BCUT2D eigenvalue weighted by Gasteiger charge is 2.22. The highest BCUT2D eigenvalue weighted by molar-refractivity contribution is 5.84. The molecule has 0 saturated carbocycles. The van der Waals surface area contributed by atoms with Crippen molar-refractivity contribution >= 4 is 21.5 Å². The fourth-order valence-corrected chi connectivity index (χ4v) is 5.18. The number of fused-ring (bicyclic) bond motifs is 2. The van der Waals surface area contributed by atoms with Gasteiger partial charge in [0.05, 0.1) is 66.1 Å². The molecule has 4 aromatic carbocycles. The molecule has 0 aliphatic carbocycles. The van der Waals surface area contributed by atoms with Crippen LogP contribution in [-0.2, 0) is 54.1 Å². The average molecular weight is 571 g/mol. The predicted molar refractivity (Wildman–Crippen MR) is 165 cm³/mol. The molecule has 6 nitrogen and oxygen atoms in total. The second kappa shape index (κ2) is 15.1. The number of benzene rings is 4. The van der Waals surface area contributed by atoms with Crippen molar-refractivity contribution in [3.05, 3.63) is 95.1 Å². The number of hydrogen-bond donors (Lipinski definition) is 0. The summed E-state index contributed by atoms with van der Waals surface area (Å²) in [4.78, 5) is 0. The van der Waals surface area contributed by atoms with Crippen molar-refractivity contribution < 1.29 is 28.4 Å². The van der Waals surface area contributed by atoms with E-state index >= 15 is 0 Å². The average Bonchev–Trinajstić information content (AvgIpc) is 3.95. The number of ether oxygens (including phenoxy) is 6. The minimum absolute atomic E-state index is 0.316. The standard InChI is InChI=1S/C36H42O6/c1(27-3-7-33-21-29(5-9-31(33)19-27)11-13-37-15-17-39-23-35-25-41-35)2-28-4-8-34-22-30(6-10-32(34)20-28)12-14-38-16-18-40-24-36-26-42-36/h3-10,19-22,35-36H,1-2,11-18,23-26H2. The maximum atomic E-state index is 5.74. The lowest BCUT2D eigenvalue weighted by molar-refractivity contribution is 0.0429. The van der Waals surface area contributed by atoms with Gasteiger partial charge < -0.3 is 28.4 Å². The Labute approximate surface area is 248 Å². The number of hydrogen-bond acceptors (Lipinski definition) is 6. The smallest absolute Gasteiger partial charge is 0.104 e. The molecule has 42 heavy (non-hydrogen) atoms. The van der Waals surface area contributed by atoms with Crippen molar-refractivity contribution in [3.8, 4) is 0 Å².